The number of aromatic nitrogens is 3. The van der Waals surface area contributed by atoms with Crippen LogP contribution in [0.3, 0.4) is 0 Å². The average molecular weight is 330 g/mol. The van der Waals surface area contributed by atoms with Crippen molar-refractivity contribution in [3.05, 3.63) is 41.5 Å². The summed E-state index contributed by atoms with van der Waals surface area (Å²) in [5, 5.41) is 14.3. The van der Waals surface area contributed by atoms with E-state index >= 15 is 0 Å². The van der Waals surface area contributed by atoms with Gasteiger partial charge in [0.25, 0.3) is 5.91 Å². The topological polar surface area (TPSA) is 71.2 Å². The monoisotopic (exact) mass is 330 g/mol. The van der Waals surface area contributed by atoms with Gasteiger partial charge >= 0.3 is 0 Å². The summed E-state index contributed by atoms with van der Waals surface area (Å²) in [5.74, 6) is 0.823. The Balaban J connectivity index is 2.36. The van der Waals surface area contributed by atoms with Crippen molar-refractivity contribution in [3.63, 3.8) is 0 Å². The van der Waals surface area contributed by atoms with Crippen LogP contribution in [-0.4, -0.2) is 49.9 Å². The van der Waals surface area contributed by atoms with Crippen LogP contribution in [0, 0.1) is 6.92 Å². The van der Waals surface area contributed by atoms with Crippen molar-refractivity contribution in [2.45, 2.75) is 46.1 Å². The molecule has 0 saturated carbocycles. The predicted molar refractivity (Wildman–Crippen MR) is 93.4 cm³/mol. The van der Waals surface area contributed by atoms with E-state index in [1.54, 1.807) is 25.6 Å². The van der Waals surface area contributed by atoms with Gasteiger partial charge in [-0.2, -0.15) is 0 Å². The Kier molecular flexibility index (Phi) is 5.08. The summed E-state index contributed by atoms with van der Waals surface area (Å²) in [5.41, 5.74) is 1.11. The second-order valence-corrected chi connectivity index (χ2v) is 7.08. The molecule has 0 spiro atoms. The van der Waals surface area contributed by atoms with E-state index in [1.165, 1.54) is 4.90 Å². The van der Waals surface area contributed by atoms with Gasteiger partial charge in [0.1, 0.15) is 5.82 Å². The van der Waals surface area contributed by atoms with E-state index in [1.807, 2.05) is 25.1 Å². The van der Waals surface area contributed by atoms with Crippen molar-refractivity contribution >= 4 is 5.91 Å². The number of hydrogen-bond acceptors (Lipinski definition) is 4. The summed E-state index contributed by atoms with van der Waals surface area (Å²) in [6, 6.07) is 7.98. The molecule has 24 heavy (non-hydrogen) atoms. The molecule has 0 saturated heterocycles. The van der Waals surface area contributed by atoms with Crippen LogP contribution < -0.4 is 0 Å². The van der Waals surface area contributed by atoms with Crippen LogP contribution in [-0.2, 0) is 0 Å². The molecule has 0 aliphatic rings. The zero-order chi connectivity index (χ0) is 18.1. The maximum Gasteiger partial charge on any atom is 0.293 e. The largest absolute Gasteiger partial charge is 0.389 e. The van der Waals surface area contributed by atoms with E-state index in [-0.39, 0.29) is 18.3 Å². The third-order valence-corrected chi connectivity index (χ3v) is 3.72. The first-order chi connectivity index (χ1) is 11.1. The summed E-state index contributed by atoms with van der Waals surface area (Å²) < 4.78 is 1.71. The lowest BCUT2D eigenvalue weighted by atomic mass is 10.0. The highest BCUT2D eigenvalue weighted by Gasteiger charge is 2.24. The van der Waals surface area contributed by atoms with Gasteiger partial charge in [0.15, 0.2) is 0 Å². The van der Waals surface area contributed by atoms with Gasteiger partial charge in [-0.25, -0.2) is 9.67 Å². The van der Waals surface area contributed by atoms with Crippen LogP contribution in [0.1, 0.15) is 55.6 Å². The molecule has 0 atom stereocenters. The summed E-state index contributed by atoms with van der Waals surface area (Å²) >= 11 is 0. The molecule has 6 nitrogen and oxygen atoms in total. The Morgan fingerprint density at radius 2 is 1.96 bits per heavy atom. The standard InChI is InChI=1S/C18H26N4O2/c1-12(2)14-9-7-8-10-15(14)22-13(3)19-16(20-22)17(23)21(6)11-18(4,5)24/h7-10,12,24H,11H2,1-6H3. The van der Waals surface area contributed by atoms with Crippen molar-refractivity contribution in [1.82, 2.24) is 19.7 Å². The van der Waals surface area contributed by atoms with E-state index in [9.17, 15) is 9.90 Å². The quantitative estimate of drug-likeness (QED) is 0.914. The minimum atomic E-state index is -0.966. The molecule has 0 aliphatic carbocycles. The lowest BCUT2D eigenvalue weighted by molar-refractivity contribution is 0.0361. The molecule has 1 amide bonds. The van der Waals surface area contributed by atoms with E-state index in [0.29, 0.717) is 11.7 Å². The van der Waals surface area contributed by atoms with Crippen LogP contribution in [0.25, 0.3) is 5.69 Å². The first kappa shape index (κ1) is 18.1. The molecule has 2 rings (SSSR count). The fourth-order valence-electron chi connectivity index (χ4n) is 2.70. The molecule has 0 radical (unpaired) electrons. The number of likely N-dealkylation sites (N-methyl/N-ethyl adjacent to an activating group) is 1. The molecule has 1 aromatic heterocycles. The Morgan fingerprint density at radius 3 is 2.54 bits per heavy atom. The molecule has 0 aliphatic heterocycles. The SMILES string of the molecule is Cc1nc(C(=O)N(C)CC(C)(C)O)nn1-c1ccccc1C(C)C. The van der Waals surface area contributed by atoms with Crippen molar-refractivity contribution in [1.29, 1.82) is 0 Å². The minimum absolute atomic E-state index is 0.137. The number of rotatable bonds is 5. The van der Waals surface area contributed by atoms with Crippen LogP contribution in [0.2, 0.25) is 0 Å². The van der Waals surface area contributed by atoms with Gasteiger partial charge in [-0.3, -0.25) is 4.79 Å². The molecule has 0 fully saturated rings. The van der Waals surface area contributed by atoms with E-state index in [0.717, 1.165) is 11.3 Å². The summed E-state index contributed by atoms with van der Waals surface area (Å²) in [7, 11) is 1.64. The molecule has 1 heterocycles. The van der Waals surface area contributed by atoms with Gasteiger partial charge < -0.3 is 10.0 Å². The first-order valence-corrected chi connectivity index (χ1v) is 8.11. The second kappa shape index (κ2) is 6.73. The third-order valence-electron chi connectivity index (χ3n) is 3.72. The lowest BCUT2D eigenvalue weighted by Gasteiger charge is -2.24. The zero-order valence-corrected chi connectivity index (χ0v) is 15.2. The van der Waals surface area contributed by atoms with Crippen LogP contribution in [0.5, 0.6) is 0 Å². The number of hydrogen-bond donors (Lipinski definition) is 1. The van der Waals surface area contributed by atoms with Crippen molar-refractivity contribution in [2.75, 3.05) is 13.6 Å². The third kappa shape index (κ3) is 4.00. The van der Waals surface area contributed by atoms with Crippen molar-refractivity contribution < 1.29 is 9.90 Å². The summed E-state index contributed by atoms with van der Waals surface area (Å²) in [6.45, 7) is 9.60. The minimum Gasteiger partial charge on any atom is -0.389 e. The van der Waals surface area contributed by atoms with E-state index < -0.39 is 5.60 Å². The van der Waals surface area contributed by atoms with Crippen LogP contribution in [0.4, 0.5) is 0 Å². The second-order valence-electron chi connectivity index (χ2n) is 7.08. The fraction of sp³-hybridized carbons (Fsp3) is 0.500. The number of para-hydroxylation sites is 1. The van der Waals surface area contributed by atoms with E-state index in [4.69, 9.17) is 0 Å². The predicted octanol–water partition coefficient (Wildman–Crippen LogP) is 2.54. The Bertz CT molecular complexity index is 729. The average Bonchev–Trinajstić information content (AvgIpc) is 2.86. The maximum absolute atomic E-state index is 12.5. The highest BCUT2D eigenvalue weighted by atomic mass is 16.3. The molecule has 130 valence electrons. The molecule has 1 N–H and O–H groups in total. The molecule has 0 bridgehead atoms. The number of aryl methyl sites for hydroxylation is 1. The van der Waals surface area contributed by atoms with Crippen molar-refractivity contribution in [2.24, 2.45) is 0 Å². The fourth-order valence-corrected chi connectivity index (χ4v) is 2.70. The molecular formula is C18H26N4O2. The normalized spacial score (nSPS) is 11.8. The van der Waals surface area contributed by atoms with Gasteiger partial charge in [0.2, 0.25) is 5.82 Å². The molecular weight excluding hydrogens is 304 g/mol. The Labute approximate surface area is 143 Å². The van der Waals surface area contributed by atoms with Gasteiger partial charge in [-0.1, -0.05) is 32.0 Å². The van der Waals surface area contributed by atoms with Gasteiger partial charge in [-0.05, 0) is 38.3 Å². The van der Waals surface area contributed by atoms with E-state index in [2.05, 4.69) is 30.0 Å². The Hall–Kier alpha value is -2.21. The molecule has 6 heteroatoms. The molecule has 1 aromatic carbocycles. The number of nitrogens with zero attached hydrogens (tertiary/aromatic N) is 4. The highest BCUT2D eigenvalue weighted by molar-refractivity contribution is 5.90. The number of carbonyl (C=O) groups is 1. The number of carbonyl (C=O) groups excluding carboxylic acids is 1. The van der Waals surface area contributed by atoms with Gasteiger partial charge in [-0.15, -0.1) is 5.10 Å². The Morgan fingerprint density at radius 1 is 1.33 bits per heavy atom. The number of amides is 1. The smallest absolute Gasteiger partial charge is 0.293 e. The summed E-state index contributed by atoms with van der Waals surface area (Å²) in [6.07, 6.45) is 0. The van der Waals surface area contributed by atoms with Gasteiger partial charge in [0, 0.05) is 13.6 Å². The summed E-state index contributed by atoms with van der Waals surface area (Å²) in [4.78, 5) is 18.3. The maximum atomic E-state index is 12.5. The van der Waals surface area contributed by atoms with Crippen molar-refractivity contribution in [3.8, 4) is 5.69 Å². The number of aliphatic hydroxyl groups is 1. The highest BCUT2D eigenvalue weighted by Crippen LogP contribution is 2.23. The molecule has 0 unspecified atom stereocenters. The molecule has 2 aromatic rings. The lowest BCUT2D eigenvalue weighted by Crippen LogP contribution is -2.40. The van der Waals surface area contributed by atoms with Gasteiger partial charge in [0.05, 0.1) is 11.3 Å². The van der Waals surface area contributed by atoms with Crippen LogP contribution in [0.15, 0.2) is 24.3 Å². The zero-order valence-electron chi connectivity index (χ0n) is 15.2. The number of benzene rings is 1. The van der Waals surface area contributed by atoms with Crippen LogP contribution >= 0.6 is 0 Å². The first-order valence-electron chi connectivity index (χ1n) is 8.11.